The Hall–Kier alpha value is -1.01. The van der Waals surface area contributed by atoms with Crippen LogP contribution in [0.25, 0.3) is 0 Å². The SMILES string of the molecule is O=C(c1ccc(Br)cc1)N1CCN=C1SCc1ccc(Cl)cc1Cl. The van der Waals surface area contributed by atoms with Crippen LogP contribution in [0.3, 0.4) is 0 Å². The van der Waals surface area contributed by atoms with Gasteiger partial charge in [0.25, 0.3) is 5.91 Å². The summed E-state index contributed by atoms with van der Waals surface area (Å²) in [5.74, 6) is 0.604. The molecule has 0 aromatic heterocycles. The van der Waals surface area contributed by atoms with Crippen LogP contribution in [0, 0.1) is 0 Å². The van der Waals surface area contributed by atoms with E-state index >= 15 is 0 Å². The Morgan fingerprint density at radius 2 is 1.96 bits per heavy atom. The van der Waals surface area contributed by atoms with E-state index in [2.05, 4.69) is 20.9 Å². The Balaban J connectivity index is 1.69. The summed E-state index contributed by atoms with van der Waals surface area (Å²) in [6, 6.07) is 12.8. The molecule has 0 atom stereocenters. The van der Waals surface area contributed by atoms with Crippen molar-refractivity contribution in [3.8, 4) is 0 Å². The highest BCUT2D eigenvalue weighted by Crippen LogP contribution is 2.27. The molecule has 0 radical (unpaired) electrons. The van der Waals surface area contributed by atoms with Gasteiger partial charge in [-0.25, -0.2) is 0 Å². The lowest BCUT2D eigenvalue weighted by Crippen LogP contribution is -2.32. The summed E-state index contributed by atoms with van der Waals surface area (Å²) in [5, 5.41) is 1.97. The zero-order valence-electron chi connectivity index (χ0n) is 12.5. The molecule has 0 spiro atoms. The molecular weight excluding hydrogens is 431 g/mol. The van der Waals surface area contributed by atoms with Crippen LogP contribution in [0.2, 0.25) is 10.0 Å². The summed E-state index contributed by atoms with van der Waals surface area (Å²) >= 11 is 17.0. The lowest BCUT2D eigenvalue weighted by Gasteiger charge is -2.18. The number of thioether (sulfide) groups is 1. The smallest absolute Gasteiger partial charge is 0.259 e. The number of aliphatic imine (C=N–C) groups is 1. The summed E-state index contributed by atoms with van der Waals surface area (Å²) in [6.07, 6.45) is 0. The van der Waals surface area contributed by atoms with Crippen molar-refractivity contribution in [2.75, 3.05) is 13.1 Å². The molecule has 0 N–H and O–H groups in total. The highest BCUT2D eigenvalue weighted by molar-refractivity contribution is 9.10. The number of hydrogen-bond acceptors (Lipinski definition) is 3. The number of amidine groups is 1. The van der Waals surface area contributed by atoms with Crippen molar-refractivity contribution >= 4 is 62.0 Å². The first-order valence-electron chi connectivity index (χ1n) is 7.23. The molecule has 0 saturated carbocycles. The number of benzene rings is 2. The monoisotopic (exact) mass is 442 g/mol. The highest BCUT2D eigenvalue weighted by atomic mass is 79.9. The predicted octanol–water partition coefficient (Wildman–Crippen LogP) is 5.50. The average molecular weight is 444 g/mol. The third-order valence-electron chi connectivity index (χ3n) is 3.51. The van der Waals surface area contributed by atoms with Gasteiger partial charge >= 0.3 is 0 Å². The Labute approximate surface area is 163 Å². The fourth-order valence-corrected chi connectivity index (χ4v) is 4.14. The Bertz CT molecular complexity index is 796. The molecule has 2 aromatic rings. The quantitative estimate of drug-likeness (QED) is 0.627. The molecule has 1 amide bonds. The maximum Gasteiger partial charge on any atom is 0.259 e. The van der Waals surface area contributed by atoms with E-state index in [4.69, 9.17) is 23.2 Å². The number of hydrogen-bond donors (Lipinski definition) is 0. The zero-order chi connectivity index (χ0) is 17.1. The standard InChI is InChI=1S/C17H13BrCl2N2OS/c18-13-4-1-11(2-5-13)16(23)22-8-7-21-17(22)24-10-12-3-6-14(19)9-15(12)20/h1-6,9H,7-8,10H2. The number of carbonyl (C=O) groups excluding carboxylic acids is 1. The molecule has 1 aliphatic rings. The zero-order valence-corrected chi connectivity index (χ0v) is 16.4. The molecule has 0 aliphatic carbocycles. The van der Waals surface area contributed by atoms with Gasteiger partial charge in [-0.3, -0.25) is 14.7 Å². The fraction of sp³-hybridized carbons (Fsp3) is 0.176. The van der Waals surface area contributed by atoms with Gasteiger partial charge in [0, 0.05) is 32.4 Å². The molecule has 3 nitrogen and oxygen atoms in total. The van der Waals surface area contributed by atoms with Gasteiger partial charge in [-0.15, -0.1) is 0 Å². The van der Waals surface area contributed by atoms with Crippen LogP contribution in [0.5, 0.6) is 0 Å². The summed E-state index contributed by atoms with van der Waals surface area (Å²) in [5.41, 5.74) is 1.62. The number of nitrogens with zero attached hydrogens (tertiary/aromatic N) is 2. The average Bonchev–Trinajstić information content (AvgIpc) is 3.02. The third-order valence-corrected chi connectivity index (χ3v) is 5.69. The van der Waals surface area contributed by atoms with E-state index in [0.29, 0.717) is 34.5 Å². The van der Waals surface area contributed by atoms with Crippen molar-refractivity contribution in [3.63, 3.8) is 0 Å². The molecule has 0 bridgehead atoms. The molecular formula is C17H13BrCl2N2OS. The largest absolute Gasteiger partial charge is 0.286 e. The van der Waals surface area contributed by atoms with Crippen LogP contribution in [0.15, 0.2) is 51.9 Å². The van der Waals surface area contributed by atoms with E-state index in [1.54, 1.807) is 11.0 Å². The normalized spacial score (nSPS) is 14.0. The minimum Gasteiger partial charge on any atom is -0.286 e. The van der Waals surface area contributed by atoms with Gasteiger partial charge in [0.1, 0.15) is 0 Å². The molecule has 0 saturated heterocycles. The van der Waals surface area contributed by atoms with Crippen molar-refractivity contribution < 1.29 is 4.79 Å². The molecule has 124 valence electrons. The topological polar surface area (TPSA) is 32.7 Å². The highest BCUT2D eigenvalue weighted by Gasteiger charge is 2.25. The predicted molar refractivity (Wildman–Crippen MR) is 105 cm³/mol. The molecule has 1 heterocycles. The summed E-state index contributed by atoms with van der Waals surface area (Å²) < 4.78 is 0.945. The first-order chi connectivity index (χ1) is 11.5. The number of halogens is 3. The van der Waals surface area contributed by atoms with Crippen LogP contribution in [-0.2, 0) is 5.75 Å². The van der Waals surface area contributed by atoms with Crippen molar-refractivity contribution in [1.82, 2.24) is 4.90 Å². The lowest BCUT2D eigenvalue weighted by molar-refractivity contribution is 0.0860. The minimum absolute atomic E-state index is 0.0338. The molecule has 24 heavy (non-hydrogen) atoms. The Morgan fingerprint density at radius 3 is 2.67 bits per heavy atom. The van der Waals surface area contributed by atoms with Gasteiger partial charge in [0.15, 0.2) is 5.17 Å². The van der Waals surface area contributed by atoms with Crippen molar-refractivity contribution in [2.45, 2.75) is 5.75 Å². The van der Waals surface area contributed by atoms with Gasteiger partial charge in [-0.05, 0) is 42.0 Å². The van der Waals surface area contributed by atoms with E-state index in [1.807, 2.05) is 36.4 Å². The molecule has 7 heteroatoms. The van der Waals surface area contributed by atoms with E-state index in [-0.39, 0.29) is 5.91 Å². The lowest BCUT2D eigenvalue weighted by atomic mass is 10.2. The molecule has 2 aromatic carbocycles. The van der Waals surface area contributed by atoms with Crippen LogP contribution < -0.4 is 0 Å². The molecule has 0 fully saturated rings. The van der Waals surface area contributed by atoms with Crippen LogP contribution in [0.1, 0.15) is 15.9 Å². The molecule has 3 rings (SSSR count). The first kappa shape index (κ1) is 17.8. The maximum atomic E-state index is 12.7. The van der Waals surface area contributed by atoms with E-state index in [0.717, 1.165) is 15.2 Å². The van der Waals surface area contributed by atoms with Crippen LogP contribution in [-0.4, -0.2) is 29.1 Å². The maximum absolute atomic E-state index is 12.7. The summed E-state index contributed by atoms with van der Waals surface area (Å²) in [6.45, 7) is 1.23. The Kier molecular flexibility index (Phi) is 5.87. The van der Waals surface area contributed by atoms with Crippen LogP contribution in [0.4, 0.5) is 0 Å². The summed E-state index contributed by atoms with van der Waals surface area (Å²) in [7, 11) is 0. The Morgan fingerprint density at radius 1 is 1.21 bits per heavy atom. The van der Waals surface area contributed by atoms with E-state index in [9.17, 15) is 4.79 Å². The van der Waals surface area contributed by atoms with Gasteiger partial charge in [0.05, 0.1) is 6.54 Å². The van der Waals surface area contributed by atoms with Crippen molar-refractivity contribution in [3.05, 3.63) is 68.1 Å². The van der Waals surface area contributed by atoms with Gasteiger partial charge < -0.3 is 0 Å². The molecule has 0 unspecified atom stereocenters. The fourth-order valence-electron chi connectivity index (χ4n) is 2.27. The molecule has 1 aliphatic heterocycles. The van der Waals surface area contributed by atoms with E-state index < -0.39 is 0 Å². The van der Waals surface area contributed by atoms with E-state index in [1.165, 1.54) is 11.8 Å². The number of carbonyl (C=O) groups is 1. The van der Waals surface area contributed by atoms with Crippen molar-refractivity contribution in [1.29, 1.82) is 0 Å². The number of rotatable bonds is 3. The summed E-state index contributed by atoms with van der Waals surface area (Å²) in [4.78, 5) is 18.8. The minimum atomic E-state index is -0.0338. The van der Waals surface area contributed by atoms with Gasteiger partial charge in [-0.2, -0.15) is 0 Å². The third kappa shape index (κ3) is 4.14. The first-order valence-corrected chi connectivity index (χ1v) is 9.76. The second-order valence-corrected chi connectivity index (χ2v) is 7.85. The van der Waals surface area contributed by atoms with Crippen LogP contribution >= 0.6 is 50.9 Å². The second kappa shape index (κ2) is 7.91. The van der Waals surface area contributed by atoms with Crippen molar-refractivity contribution in [2.24, 2.45) is 4.99 Å². The second-order valence-electron chi connectivity index (χ2n) is 5.15. The van der Waals surface area contributed by atoms with Gasteiger partial charge in [0.2, 0.25) is 0 Å². The number of amides is 1. The van der Waals surface area contributed by atoms with Gasteiger partial charge in [-0.1, -0.05) is 57.0 Å².